The summed E-state index contributed by atoms with van der Waals surface area (Å²) in [6.07, 6.45) is 7.98. The van der Waals surface area contributed by atoms with Gasteiger partial charge in [0.2, 0.25) is 0 Å². The number of rotatable bonds is 7. The van der Waals surface area contributed by atoms with E-state index in [-0.39, 0.29) is 6.09 Å². The first kappa shape index (κ1) is 21.3. The number of thioether (sulfide) groups is 1. The number of carbonyl (C=O) groups is 1. The Labute approximate surface area is 187 Å². The monoisotopic (exact) mass is 434 g/mol. The van der Waals surface area contributed by atoms with E-state index in [1.54, 1.807) is 11.1 Å². The number of aryl methyl sites for hydroxylation is 1. The summed E-state index contributed by atoms with van der Waals surface area (Å²) in [7, 11) is 0. The molecule has 1 aliphatic heterocycles. The number of amides is 1. The predicted octanol–water partition coefficient (Wildman–Crippen LogP) is 4.13. The van der Waals surface area contributed by atoms with Gasteiger partial charge in [-0.25, -0.2) is 4.79 Å². The van der Waals surface area contributed by atoms with Crippen LogP contribution < -0.4 is 4.74 Å². The maximum Gasteiger partial charge on any atom is 0.415 e. The molecular weight excluding hydrogens is 408 g/mol. The van der Waals surface area contributed by atoms with Crippen LogP contribution in [0.4, 0.5) is 4.79 Å². The summed E-state index contributed by atoms with van der Waals surface area (Å²) in [4.78, 5) is 26.0. The van der Waals surface area contributed by atoms with Gasteiger partial charge in [-0.1, -0.05) is 18.2 Å². The molecule has 1 fully saturated rings. The van der Waals surface area contributed by atoms with Crippen LogP contribution in [-0.4, -0.2) is 57.8 Å². The normalized spacial score (nSPS) is 14.4. The Hall–Kier alpha value is -2.90. The largest absolute Gasteiger partial charge is 0.415 e. The molecule has 4 rings (SSSR count). The molecule has 0 unspecified atom stereocenters. The van der Waals surface area contributed by atoms with E-state index in [2.05, 4.69) is 20.9 Å². The Morgan fingerprint density at radius 1 is 0.903 bits per heavy atom. The van der Waals surface area contributed by atoms with Gasteiger partial charge in [0.25, 0.3) is 0 Å². The third-order valence-electron chi connectivity index (χ3n) is 5.20. The summed E-state index contributed by atoms with van der Waals surface area (Å²) < 4.78 is 5.58. The number of aromatic nitrogens is 2. The van der Waals surface area contributed by atoms with E-state index in [1.807, 2.05) is 72.8 Å². The fourth-order valence-electron chi connectivity index (χ4n) is 3.45. The summed E-state index contributed by atoms with van der Waals surface area (Å²) >= 11 is 1.81. The summed E-state index contributed by atoms with van der Waals surface area (Å²) in [5, 5.41) is 0. The SMILES string of the molecule is O=C(Oc1ccc(CCSc2ccncc2)cc1)N1CCN(Cc2cccnc2)CC1. The van der Waals surface area contributed by atoms with Crippen molar-refractivity contribution in [3.8, 4) is 5.75 Å². The Morgan fingerprint density at radius 3 is 2.39 bits per heavy atom. The third-order valence-corrected chi connectivity index (χ3v) is 6.21. The topological polar surface area (TPSA) is 58.6 Å². The highest BCUT2D eigenvalue weighted by atomic mass is 32.2. The summed E-state index contributed by atoms with van der Waals surface area (Å²) in [6, 6.07) is 15.9. The van der Waals surface area contributed by atoms with Crippen molar-refractivity contribution >= 4 is 17.9 Å². The van der Waals surface area contributed by atoms with Gasteiger partial charge >= 0.3 is 6.09 Å². The van der Waals surface area contributed by atoms with Gasteiger partial charge in [0.15, 0.2) is 0 Å². The van der Waals surface area contributed by atoms with Gasteiger partial charge in [0, 0.05) is 68.2 Å². The second kappa shape index (κ2) is 10.9. The molecule has 0 bridgehead atoms. The summed E-state index contributed by atoms with van der Waals surface area (Å²) in [6.45, 7) is 3.86. The number of benzene rings is 1. The molecule has 1 saturated heterocycles. The van der Waals surface area contributed by atoms with Crippen molar-refractivity contribution in [1.29, 1.82) is 0 Å². The van der Waals surface area contributed by atoms with E-state index >= 15 is 0 Å². The standard InChI is InChI=1S/C24H26N4O2S/c29-24(28-15-13-27(14-16-28)19-21-2-1-10-26-18-21)30-22-5-3-20(4-6-22)9-17-31-23-7-11-25-12-8-23/h1-8,10-12,18H,9,13-17,19H2. The van der Waals surface area contributed by atoms with Crippen LogP contribution in [0.5, 0.6) is 5.75 Å². The van der Waals surface area contributed by atoms with Crippen molar-refractivity contribution < 1.29 is 9.53 Å². The second-order valence-corrected chi connectivity index (χ2v) is 8.59. The summed E-state index contributed by atoms with van der Waals surface area (Å²) in [5.74, 6) is 1.58. The molecule has 31 heavy (non-hydrogen) atoms. The van der Waals surface area contributed by atoms with E-state index in [9.17, 15) is 4.79 Å². The second-order valence-electron chi connectivity index (χ2n) is 7.42. The van der Waals surface area contributed by atoms with Crippen LogP contribution in [0, 0.1) is 0 Å². The summed E-state index contributed by atoms with van der Waals surface area (Å²) in [5.41, 5.74) is 2.42. The zero-order chi connectivity index (χ0) is 21.3. The van der Waals surface area contributed by atoms with Crippen LogP contribution in [-0.2, 0) is 13.0 Å². The fraction of sp³-hybridized carbons (Fsp3) is 0.292. The number of hydrogen-bond donors (Lipinski definition) is 0. The minimum atomic E-state index is -0.276. The first-order valence-corrected chi connectivity index (χ1v) is 11.4. The minimum absolute atomic E-state index is 0.276. The lowest BCUT2D eigenvalue weighted by Gasteiger charge is -2.33. The number of pyridine rings is 2. The van der Waals surface area contributed by atoms with Gasteiger partial charge in [0.1, 0.15) is 5.75 Å². The Morgan fingerprint density at radius 2 is 1.68 bits per heavy atom. The van der Waals surface area contributed by atoms with Crippen LogP contribution in [0.2, 0.25) is 0 Å². The molecule has 0 spiro atoms. The van der Waals surface area contributed by atoms with Gasteiger partial charge < -0.3 is 9.64 Å². The molecule has 3 heterocycles. The van der Waals surface area contributed by atoms with E-state index in [1.165, 1.54) is 16.0 Å². The van der Waals surface area contributed by atoms with Gasteiger partial charge in [-0.3, -0.25) is 14.9 Å². The lowest BCUT2D eigenvalue weighted by Crippen LogP contribution is -2.49. The van der Waals surface area contributed by atoms with Crippen molar-refractivity contribution in [2.75, 3.05) is 31.9 Å². The van der Waals surface area contributed by atoms with Gasteiger partial charge in [0.05, 0.1) is 0 Å². The van der Waals surface area contributed by atoms with E-state index in [0.29, 0.717) is 18.8 Å². The highest BCUT2D eigenvalue weighted by molar-refractivity contribution is 7.99. The quantitative estimate of drug-likeness (QED) is 0.521. The minimum Gasteiger partial charge on any atom is -0.410 e. The molecule has 3 aromatic rings. The molecule has 0 aliphatic carbocycles. The van der Waals surface area contributed by atoms with Gasteiger partial charge in [-0.15, -0.1) is 11.8 Å². The zero-order valence-electron chi connectivity index (χ0n) is 17.4. The van der Waals surface area contributed by atoms with Crippen LogP contribution in [0.15, 0.2) is 78.2 Å². The van der Waals surface area contributed by atoms with Crippen molar-refractivity contribution in [3.05, 3.63) is 84.4 Å². The number of hydrogen-bond acceptors (Lipinski definition) is 6. The number of carbonyl (C=O) groups excluding carboxylic acids is 1. The number of nitrogens with zero attached hydrogens (tertiary/aromatic N) is 4. The Balaban J connectivity index is 1.19. The van der Waals surface area contributed by atoms with Crippen LogP contribution in [0.25, 0.3) is 0 Å². The van der Waals surface area contributed by atoms with E-state index in [4.69, 9.17) is 4.74 Å². The van der Waals surface area contributed by atoms with Crippen molar-refractivity contribution in [3.63, 3.8) is 0 Å². The molecule has 1 amide bonds. The molecule has 7 heteroatoms. The zero-order valence-corrected chi connectivity index (χ0v) is 18.2. The molecule has 1 aromatic carbocycles. The average molecular weight is 435 g/mol. The first-order valence-electron chi connectivity index (χ1n) is 10.5. The molecule has 1 aliphatic rings. The van der Waals surface area contributed by atoms with Crippen LogP contribution >= 0.6 is 11.8 Å². The molecular formula is C24H26N4O2S. The number of ether oxygens (including phenoxy) is 1. The smallest absolute Gasteiger partial charge is 0.410 e. The van der Waals surface area contributed by atoms with E-state index < -0.39 is 0 Å². The lowest BCUT2D eigenvalue weighted by atomic mass is 10.2. The van der Waals surface area contributed by atoms with Crippen molar-refractivity contribution in [2.45, 2.75) is 17.9 Å². The van der Waals surface area contributed by atoms with Gasteiger partial charge in [-0.05, 0) is 47.9 Å². The Bertz CT molecular complexity index is 946. The molecule has 6 nitrogen and oxygen atoms in total. The number of piperazine rings is 1. The van der Waals surface area contributed by atoms with Crippen molar-refractivity contribution in [2.24, 2.45) is 0 Å². The molecule has 160 valence electrons. The Kier molecular flexibility index (Phi) is 7.52. The molecule has 0 atom stereocenters. The van der Waals surface area contributed by atoms with Crippen LogP contribution in [0.1, 0.15) is 11.1 Å². The highest BCUT2D eigenvalue weighted by Crippen LogP contribution is 2.20. The predicted molar refractivity (Wildman–Crippen MR) is 122 cm³/mol. The fourth-order valence-corrected chi connectivity index (χ4v) is 4.34. The average Bonchev–Trinajstić information content (AvgIpc) is 2.82. The molecule has 2 aromatic heterocycles. The maximum atomic E-state index is 12.5. The van der Waals surface area contributed by atoms with E-state index in [0.717, 1.165) is 31.8 Å². The van der Waals surface area contributed by atoms with Crippen molar-refractivity contribution in [1.82, 2.24) is 19.8 Å². The molecule has 0 N–H and O–H groups in total. The lowest BCUT2D eigenvalue weighted by molar-refractivity contribution is 0.108. The third kappa shape index (κ3) is 6.54. The molecule has 0 saturated carbocycles. The van der Waals surface area contributed by atoms with Crippen LogP contribution in [0.3, 0.4) is 0 Å². The molecule has 0 radical (unpaired) electrons. The first-order chi connectivity index (χ1) is 15.3. The highest BCUT2D eigenvalue weighted by Gasteiger charge is 2.22. The maximum absolute atomic E-state index is 12.5. The van der Waals surface area contributed by atoms with Gasteiger partial charge in [-0.2, -0.15) is 0 Å².